The van der Waals surface area contributed by atoms with Gasteiger partial charge in [-0.25, -0.2) is 4.98 Å². The number of hydrogen-bond donors (Lipinski definition) is 1. The van der Waals surface area contributed by atoms with Gasteiger partial charge in [-0.3, -0.25) is 4.98 Å². The van der Waals surface area contributed by atoms with Crippen molar-refractivity contribution in [1.29, 1.82) is 5.26 Å². The van der Waals surface area contributed by atoms with E-state index in [0.717, 1.165) is 0 Å². The Hall–Kier alpha value is -2.61. The molecule has 5 heteroatoms. The van der Waals surface area contributed by atoms with E-state index in [4.69, 9.17) is 15.7 Å². The Morgan fingerprint density at radius 1 is 1.29 bits per heavy atom. The number of anilines is 1. The molecule has 0 aliphatic rings. The number of nitrogens with two attached hydrogens (primary N) is 1. The van der Waals surface area contributed by atoms with E-state index < -0.39 is 0 Å². The number of nitrogens with zero attached hydrogens (tertiary/aromatic N) is 3. The molecule has 0 bridgehead atoms. The van der Waals surface area contributed by atoms with Crippen molar-refractivity contribution in [3.8, 4) is 17.7 Å². The number of ether oxygens (including phenoxy) is 1. The quantitative estimate of drug-likeness (QED) is 0.792. The fraction of sp³-hybridized carbons (Fsp3) is 0.0833. The molecular weight excluding hydrogens is 216 g/mol. The van der Waals surface area contributed by atoms with Gasteiger partial charge in [0.25, 0.3) is 0 Å². The zero-order valence-corrected chi connectivity index (χ0v) is 9.21. The summed E-state index contributed by atoms with van der Waals surface area (Å²) in [6.45, 7) is 1.78. The molecule has 0 saturated carbocycles. The molecule has 2 rings (SSSR count). The van der Waals surface area contributed by atoms with Crippen LogP contribution in [0, 0.1) is 18.3 Å². The molecule has 17 heavy (non-hydrogen) atoms. The molecule has 1 aromatic carbocycles. The first kappa shape index (κ1) is 10.9. The first-order chi connectivity index (χ1) is 8.20. The second-order valence-corrected chi connectivity index (χ2v) is 3.42. The van der Waals surface area contributed by atoms with E-state index in [1.165, 1.54) is 6.20 Å². The van der Waals surface area contributed by atoms with Crippen LogP contribution in [-0.2, 0) is 0 Å². The zero-order valence-electron chi connectivity index (χ0n) is 9.21. The van der Waals surface area contributed by atoms with Crippen molar-refractivity contribution in [3.05, 3.63) is 41.9 Å². The van der Waals surface area contributed by atoms with Gasteiger partial charge in [0.2, 0.25) is 5.88 Å². The molecule has 5 nitrogen and oxygen atoms in total. The van der Waals surface area contributed by atoms with Crippen molar-refractivity contribution in [2.24, 2.45) is 0 Å². The Kier molecular flexibility index (Phi) is 2.88. The minimum absolute atomic E-state index is 0.370. The van der Waals surface area contributed by atoms with Gasteiger partial charge in [-0.05, 0) is 25.1 Å². The Bertz CT molecular complexity index is 589. The number of aryl methyl sites for hydroxylation is 1. The molecule has 0 amide bonds. The van der Waals surface area contributed by atoms with Crippen LogP contribution in [0.3, 0.4) is 0 Å². The van der Waals surface area contributed by atoms with Crippen molar-refractivity contribution in [3.63, 3.8) is 0 Å². The number of aromatic nitrogens is 2. The van der Waals surface area contributed by atoms with Gasteiger partial charge in [-0.15, -0.1) is 0 Å². The van der Waals surface area contributed by atoms with Crippen LogP contribution >= 0.6 is 0 Å². The molecule has 1 heterocycles. The summed E-state index contributed by atoms with van der Waals surface area (Å²) in [7, 11) is 0. The van der Waals surface area contributed by atoms with Crippen molar-refractivity contribution in [2.75, 3.05) is 5.73 Å². The van der Waals surface area contributed by atoms with E-state index in [9.17, 15) is 0 Å². The second-order valence-electron chi connectivity index (χ2n) is 3.42. The van der Waals surface area contributed by atoms with Gasteiger partial charge in [-0.1, -0.05) is 0 Å². The third-order valence-electron chi connectivity index (χ3n) is 2.17. The lowest BCUT2D eigenvalue weighted by atomic mass is 10.2. The lowest BCUT2D eigenvalue weighted by molar-refractivity contribution is 0.454. The Labute approximate surface area is 98.5 Å². The van der Waals surface area contributed by atoms with Crippen LogP contribution in [0.4, 0.5) is 5.69 Å². The summed E-state index contributed by atoms with van der Waals surface area (Å²) < 4.78 is 5.53. The highest BCUT2D eigenvalue weighted by Crippen LogP contribution is 2.26. The smallest absolute Gasteiger partial charge is 0.240 e. The van der Waals surface area contributed by atoms with E-state index in [-0.39, 0.29) is 0 Å². The van der Waals surface area contributed by atoms with Crippen LogP contribution in [0.15, 0.2) is 30.6 Å². The van der Waals surface area contributed by atoms with E-state index in [1.807, 2.05) is 6.07 Å². The molecule has 2 N–H and O–H groups in total. The van der Waals surface area contributed by atoms with Gasteiger partial charge in [0, 0.05) is 18.1 Å². The monoisotopic (exact) mass is 226 g/mol. The first-order valence-electron chi connectivity index (χ1n) is 4.96. The Morgan fingerprint density at radius 2 is 2.06 bits per heavy atom. The molecule has 1 aromatic heterocycles. The fourth-order valence-corrected chi connectivity index (χ4v) is 1.32. The van der Waals surface area contributed by atoms with E-state index in [1.54, 1.807) is 31.3 Å². The van der Waals surface area contributed by atoms with Crippen molar-refractivity contribution in [2.45, 2.75) is 6.92 Å². The number of nitriles is 1. The molecule has 0 aliphatic heterocycles. The minimum atomic E-state index is 0.370. The molecule has 0 radical (unpaired) electrons. The Morgan fingerprint density at radius 3 is 2.76 bits per heavy atom. The van der Waals surface area contributed by atoms with E-state index in [0.29, 0.717) is 28.6 Å². The van der Waals surface area contributed by atoms with Crippen LogP contribution in [0.5, 0.6) is 11.6 Å². The average Bonchev–Trinajstić information content (AvgIpc) is 2.34. The van der Waals surface area contributed by atoms with Crippen LogP contribution in [0.2, 0.25) is 0 Å². The van der Waals surface area contributed by atoms with Crippen LogP contribution in [0.1, 0.15) is 11.3 Å². The highest BCUT2D eigenvalue weighted by Gasteiger charge is 2.08. The third kappa shape index (κ3) is 2.32. The summed E-state index contributed by atoms with van der Waals surface area (Å²) in [5.41, 5.74) is 7.14. The predicted molar refractivity (Wildman–Crippen MR) is 62.4 cm³/mol. The topological polar surface area (TPSA) is 84.8 Å². The summed E-state index contributed by atoms with van der Waals surface area (Å²) in [6.07, 6.45) is 3.11. The SMILES string of the molecule is Cc1nccnc1Oc1ccc(N)cc1C#N. The van der Waals surface area contributed by atoms with Gasteiger partial charge in [-0.2, -0.15) is 5.26 Å². The maximum atomic E-state index is 8.97. The van der Waals surface area contributed by atoms with Crippen LogP contribution < -0.4 is 10.5 Å². The standard InChI is InChI=1S/C12H10N4O/c1-8-12(16-5-4-15-8)17-11-3-2-10(14)6-9(11)7-13/h2-6H,14H2,1H3. The largest absolute Gasteiger partial charge is 0.436 e. The molecule has 0 fully saturated rings. The molecule has 84 valence electrons. The van der Waals surface area contributed by atoms with Crippen molar-refractivity contribution < 1.29 is 4.74 Å². The normalized spacial score (nSPS) is 9.65. The van der Waals surface area contributed by atoms with Gasteiger partial charge in [0.1, 0.15) is 11.8 Å². The molecule has 0 saturated heterocycles. The van der Waals surface area contributed by atoms with E-state index >= 15 is 0 Å². The summed E-state index contributed by atoms with van der Waals surface area (Å²) in [5.74, 6) is 0.805. The Balaban J connectivity index is 2.37. The average molecular weight is 226 g/mol. The molecular formula is C12H10N4O. The molecule has 0 atom stereocenters. The van der Waals surface area contributed by atoms with Gasteiger partial charge >= 0.3 is 0 Å². The number of nitrogen functional groups attached to an aromatic ring is 1. The lowest BCUT2D eigenvalue weighted by Crippen LogP contribution is -1.96. The third-order valence-corrected chi connectivity index (χ3v) is 2.17. The first-order valence-corrected chi connectivity index (χ1v) is 4.96. The van der Waals surface area contributed by atoms with Gasteiger partial charge in [0.15, 0.2) is 0 Å². The molecule has 0 unspecified atom stereocenters. The minimum Gasteiger partial charge on any atom is -0.436 e. The molecule has 0 spiro atoms. The zero-order chi connectivity index (χ0) is 12.3. The summed E-state index contributed by atoms with van der Waals surface area (Å²) in [6, 6.07) is 6.89. The van der Waals surface area contributed by atoms with Gasteiger partial charge in [0.05, 0.1) is 11.3 Å². The van der Waals surface area contributed by atoms with Crippen molar-refractivity contribution in [1.82, 2.24) is 9.97 Å². The predicted octanol–water partition coefficient (Wildman–Crippen LogP) is 2.03. The van der Waals surface area contributed by atoms with Crippen LogP contribution in [-0.4, -0.2) is 9.97 Å². The highest BCUT2D eigenvalue weighted by molar-refractivity contribution is 5.53. The summed E-state index contributed by atoms with van der Waals surface area (Å²) in [4.78, 5) is 8.10. The maximum absolute atomic E-state index is 8.97. The highest BCUT2D eigenvalue weighted by atomic mass is 16.5. The number of rotatable bonds is 2. The van der Waals surface area contributed by atoms with E-state index in [2.05, 4.69) is 9.97 Å². The summed E-state index contributed by atoms with van der Waals surface area (Å²) in [5, 5.41) is 8.97. The number of benzene rings is 1. The maximum Gasteiger partial charge on any atom is 0.240 e. The lowest BCUT2D eigenvalue weighted by Gasteiger charge is -2.08. The number of hydrogen-bond acceptors (Lipinski definition) is 5. The van der Waals surface area contributed by atoms with Crippen LogP contribution in [0.25, 0.3) is 0 Å². The molecule has 2 aromatic rings. The van der Waals surface area contributed by atoms with Crippen molar-refractivity contribution >= 4 is 5.69 Å². The fourth-order valence-electron chi connectivity index (χ4n) is 1.32. The second kappa shape index (κ2) is 4.49. The molecule has 0 aliphatic carbocycles. The van der Waals surface area contributed by atoms with Gasteiger partial charge < -0.3 is 10.5 Å². The summed E-state index contributed by atoms with van der Waals surface area (Å²) >= 11 is 0.